The summed E-state index contributed by atoms with van der Waals surface area (Å²) in [7, 11) is -4.24. The molecule has 0 aromatic heterocycles. The molecule has 0 saturated heterocycles. The maximum Gasteiger partial charge on any atom is 0.469 e. The number of rotatable bonds is 10. The van der Waals surface area contributed by atoms with Gasteiger partial charge in [0.1, 0.15) is 0 Å². The Morgan fingerprint density at radius 1 is 0.882 bits per heavy atom. The molecule has 0 rings (SSSR count). The second kappa shape index (κ2) is 14.1. The van der Waals surface area contributed by atoms with Crippen LogP contribution in [0.25, 0.3) is 0 Å². The fraction of sp³-hybridized carbons (Fsp3) is 1.00. The Bertz CT molecular complexity index is 187. The standard InChI is InChI=1S/C10H23O4P.2H3N/c1-2-3-4-5-6-7-8-9-10-14-15(11,12)13;;/h2-10H2,1H3,(H2,11,12,13);2*1H3. The van der Waals surface area contributed by atoms with E-state index in [1.807, 2.05) is 0 Å². The second-order valence-corrected chi connectivity index (χ2v) is 5.04. The Morgan fingerprint density at radius 3 is 1.71 bits per heavy atom. The van der Waals surface area contributed by atoms with E-state index < -0.39 is 7.82 Å². The molecule has 7 heteroatoms. The summed E-state index contributed by atoms with van der Waals surface area (Å²) < 4.78 is 14.7. The Kier molecular flexibility index (Phi) is 18.4. The lowest BCUT2D eigenvalue weighted by Gasteiger charge is -2.04. The molecule has 0 aliphatic carbocycles. The van der Waals surface area contributed by atoms with Gasteiger partial charge in [-0.2, -0.15) is 0 Å². The van der Waals surface area contributed by atoms with Crippen molar-refractivity contribution < 1.29 is 18.9 Å². The van der Waals surface area contributed by atoms with Gasteiger partial charge in [-0.05, 0) is 6.42 Å². The topological polar surface area (TPSA) is 137 Å². The summed E-state index contributed by atoms with van der Waals surface area (Å²) in [5.41, 5.74) is 0. The van der Waals surface area contributed by atoms with E-state index in [0.29, 0.717) is 0 Å². The molecule has 6 nitrogen and oxygen atoms in total. The lowest BCUT2D eigenvalue weighted by Crippen LogP contribution is -1.92. The molecular weight excluding hydrogens is 243 g/mol. The molecule has 17 heavy (non-hydrogen) atoms. The number of phosphoric acid groups is 1. The van der Waals surface area contributed by atoms with Crippen molar-refractivity contribution in [2.24, 2.45) is 0 Å². The molecule has 0 saturated carbocycles. The number of phosphoric ester groups is 1. The number of unbranched alkanes of at least 4 members (excludes halogenated alkanes) is 7. The van der Waals surface area contributed by atoms with E-state index in [0.717, 1.165) is 19.3 Å². The third kappa shape index (κ3) is 21.8. The van der Waals surface area contributed by atoms with Crippen molar-refractivity contribution in [2.45, 2.75) is 58.3 Å². The largest absolute Gasteiger partial charge is 0.469 e. The van der Waals surface area contributed by atoms with Gasteiger partial charge in [0.15, 0.2) is 0 Å². The molecule has 0 atom stereocenters. The van der Waals surface area contributed by atoms with Crippen LogP contribution in [0.15, 0.2) is 0 Å². The average Bonchev–Trinajstić information content (AvgIpc) is 2.14. The monoisotopic (exact) mass is 272 g/mol. The summed E-state index contributed by atoms with van der Waals surface area (Å²) in [5, 5.41) is 0. The Hall–Kier alpha value is 0.0300. The second-order valence-electron chi connectivity index (χ2n) is 3.80. The van der Waals surface area contributed by atoms with E-state index in [2.05, 4.69) is 11.4 Å². The van der Waals surface area contributed by atoms with Crippen LogP contribution in [0.3, 0.4) is 0 Å². The smallest absolute Gasteiger partial charge is 0.344 e. The lowest BCUT2D eigenvalue weighted by molar-refractivity contribution is 0.193. The minimum Gasteiger partial charge on any atom is -0.344 e. The highest BCUT2D eigenvalue weighted by Crippen LogP contribution is 2.35. The van der Waals surface area contributed by atoms with Gasteiger partial charge in [0.2, 0.25) is 0 Å². The highest BCUT2D eigenvalue weighted by atomic mass is 31.2. The molecule has 0 aromatic rings. The van der Waals surface area contributed by atoms with Crippen molar-refractivity contribution in [2.75, 3.05) is 6.61 Å². The summed E-state index contributed by atoms with van der Waals surface area (Å²) in [4.78, 5) is 16.8. The molecule has 0 unspecified atom stereocenters. The molecule has 0 aliphatic heterocycles. The Labute approximate surface area is 105 Å². The first-order valence-electron chi connectivity index (χ1n) is 5.76. The minimum atomic E-state index is -4.24. The fourth-order valence-electron chi connectivity index (χ4n) is 1.42. The first-order chi connectivity index (χ1) is 7.06. The quantitative estimate of drug-likeness (QED) is 0.354. The Balaban J connectivity index is -0.000000980. The molecule has 0 amide bonds. The van der Waals surface area contributed by atoms with E-state index in [4.69, 9.17) is 9.79 Å². The van der Waals surface area contributed by atoms with Gasteiger partial charge in [0.05, 0.1) is 6.61 Å². The van der Waals surface area contributed by atoms with Gasteiger partial charge in [-0.3, -0.25) is 4.52 Å². The molecule has 0 heterocycles. The minimum absolute atomic E-state index is 0. The predicted molar refractivity (Wildman–Crippen MR) is 70.7 cm³/mol. The predicted octanol–water partition coefficient (Wildman–Crippen LogP) is 3.56. The van der Waals surface area contributed by atoms with Gasteiger partial charge < -0.3 is 22.1 Å². The van der Waals surface area contributed by atoms with E-state index in [1.54, 1.807) is 0 Å². The van der Waals surface area contributed by atoms with Crippen LogP contribution in [0, 0.1) is 0 Å². The first kappa shape index (κ1) is 22.2. The summed E-state index contributed by atoms with van der Waals surface area (Å²) in [6.07, 6.45) is 9.22. The molecular formula is C10H29N2O4P. The van der Waals surface area contributed by atoms with E-state index in [-0.39, 0.29) is 18.9 Å². The van der Waals surface area contributed by atoms with Gasteiger partial charge >= 0.3 is 7.82 Å². The molecule has 108 valence electrons. The summed E-state index contributed by atoms with van der Waals surface area (Å²) in [6, 6.07) is 0. The molecule has 0 radical (unpaired) electrons. The van der Waals surface area contributed by atoms with E-state index in [9.17, 15) is 4.57 Å². The third-order valence-corrected chi connectivity index (χ3v) is 2.78. The fourth-order valence-corrected chi connectivity index (χ4v) is 1.79. The summed E-state index contributed by atoms with van der Waals surface area (Å²) in [6.45, 7) is 2.36. The highest BCUT2D eigenvalue weighted by molar-refractivity contribution is 7.46. The van der Waals surface area contributed by atoms with Gasteiger partial charge in [-0.25, -0.2) is 4.57 Å². The summed E-state index contributed by atoms with van der Waals surface area (Å²) in [5.74, 6) is 0. The van der Waals surface area contributed by atoms with Crippen LogP contribution < -0.4 is 12.3 Å². The van der Waals surface area contributed by atoms with Gasteiger partial charge in [0.25, 0.3) is 0 Å². The molecule has 0 bridgehead atoms. The Morgan fingerprint density at radius 2 is 1.29 bits per heavy atom. The molecule has 0 aromatic carbocycles. The van der Waals surface area contributed by atoms with Crippen molar-refractivity contribution >= 4 is 7.82 Å². The lowest BCUT2D eigenvalue weighted by atomic mass is 10.1. The zero-order valence-electron chi connectivity index (χ0n) is 10.9. The molecule has 0 aliphatic rings. The number of hydrogen-bond donors (Lipinski definition) is 4. The van der Waals surface area contributed by atoms with Crippen molar-refractivity contribution in [1.82, 2.24) is 12.3 Å². The van der Waals surface area contributed by atoms with Gasteiger partial charge in [0, 0.05) is 0 Å². The average molecular weight is 272 g/mol. The van der Waals surface area contributed by atoms with Crippen LogP contribution in [0.2, 0.25) is 0 Å². The van der Waals surface area contributed by atoms with Crippen molar-refractivity contribution in [3.05, 3.63) is 0 Å². The van der Waals surface area contributed by atoms with Crippen LogP contribution >= 0.6 is 7.82 Å². The van der Waals surface area contributed by atoms with E-state index >= 15 is 0 Å². The first-order valence-corrected chi connectivity index (χ1v) is 7.29. The van der Waals surface area contributed by atoms with Gasteiger partial charge in [-0.15, -0.1) is 0 Å². The number of hydrogen-bond acceptors (Lipinski definition) is 4. The van der Waals surface area contributed by atoms with Crippen molar-refractivity contribution in [3.63, 3.8) is 0 Å². The van der Waals surface area contributed by atoms with Crippen molar-refractivity contribution in [3.8, 4) is 0 Å². The molecule has 0 spiro atoms. The van der Waals surface area contributed by atoms with Crippen LogP contribution in [-0.4, -0.2) is 16.4 Å². The maximum absolute atomic E-state index is 10.3. The SMILES string of the molecule is CCCCCCCCCCOP(=O)(O)O.N.N. The zero-order valence-corrected chi connectivity index (χ0v) is 11.8. The van der Waals surface area contributed by atoms with Crippen LogP contribution in [0.1, 0.15) is 58.3 Å². The zero-order chi connectivity index (χ0) is 11.6. The normalized spacial score (nSPS) is 10.5. The highest BCUT2D eigenvalue weighted by Gasteiger charge is 2.12. The van der Waals surface area contributed by atoms with Crippen molar-refractivity contribution in [1.29, 1.82) is 0 Å². The van der Waals surface area contributed by atoms with Crippen LogP contribution in [0.4, 0.5) is 0 Å². The maximum atomic E-state index is 10.3. The van der Waals surface area contributed by atoms with E-state index in [1.165, 1.54) is 32.1 Å². The molecule has 0 fully saturated rings. The third-order valence-electron chi connectivity index (χ3n) is 2.26. The molecule has 8 N–H and O–H groups in total. The van der Waals surface area contributed by atoms with Gasteiger partial charge in [-0.1, -0.05) is 51.9 Å². The van der Waals surface area contributed by atoms with Crippen LogP contribution in [-0.2, 0) is 9.09 Å². The van der Waals surface area contributed by atoms with Crippen LogP contribution in [0.5, 0.6) is 0 Å². The summed E-state index contributed by atoms with van der Waals surface area (Å²) >= 11 is 0.